The Morgan fingerprint density at radius 2 is 1.53 bits per heavy atom. The van der Waals surface area contributed by atoms with Gasteiger partial charge in [-0.15, -0.1) is 0 Å². The average molecular weight is 498 g/mol. The highest BCUT2D eigenvalue weighted by Gasteiger charge is 2.39. The van der Waals surface area contributed by atoms with Crippen LogP contribution in [-0.2, 0) is 6.18 Å². The van der Waals surface area contributed by atoms with Crippen molar-refractivity contribution in [1.29, 1.82) is 0 Å². The van der Waals surface area contributed by atoms with E-state index >= 15 is 0 Å². The molecule has 2 aliphatic heterocycles. The number of piperazine rings is 1. The molecule has 1 fully saturated rings. The number of carbonyl (C=O) groups is 3. The second-order valence-corrected chi connectivity index (χ2v) is 8.33. The van der Waals surface area contributed by atoms with Crippen LogP contribution in [0.1, 0.15) is 36.8 Å². The molecule has 0 unspecified atom stereocenters. The molecule has 0 radical (unpaired) electrons. The van der Waals surface area contributed by atoms with Crippen LogP contribution < -0.4 is 9.80 Å². The minimum atomic E-state index is -4.64. The van der Waals surface area contributed by atoms with Gasteiger partial charge in [-0.25, -0.2) is 14.3 Å². The molecule has 36 heavy (non-hydrogen) atoms. The van der Waals surface area contributed by atoms with Crippen molar-refractivity contribution in [2.75, 3.05) is 36.0 Å². The third-order valence-corrected chi connectivity index (χ3v) is 6.19. The summed E-state index contributed by atoms with van der Waals surface area (Å²) < 4.78 is 53.2. The van der Waals surface area contributed by atoms with Crippen LogP contribution in [-0.4, -0.2) is 53.8 Å². The van der Waals surface area contributed by atoms with E-state index in [1.54, 1.807) is 0 Å². The Morgan fingerprint density at radius 3 is 2.19 bits per heavy atom. The van der Waals surface area contributed by atoms with Crippen molar-refractivity contribution in [2.24, 2.45) is 0 Å². The number of rotatable bonds is 3. The fourth-order valence-corrected chi connectivity index (χ4v) is 4.36. The molecule has 0 bridgehead atoms. The quantitative estimate of drug-likeness (QED) is 0.403. The van der Waals surface area contributed by atoms with E-state index in [0.717, 1.165) is 29.2 Å². The largest absolute Gasteiger partial charge is 0.417 e. The van der Waals surface area contributed by atoms with Crippen molar-refractivity contribution >= 4 is 29.1 Å². The summed E-state index contributed by atoms with van der Waals surface area (Å²) in [6.07, 6.45) is -3.20. The summed E-state index contributed by atoms with van der Waals surface area (Å²) in [5.41, 5.74) is -0.544. The predicted molar refractivity (Wildman–Crippen MR) is 121 cm³/mol. The van der Waals surface area contributed by atoms with E-state index in [9.17, 15) is 31.9 Å². The van der Waals surface area contributed by atoms with Gasteiger partial charge in [0.05, 0.1) is 34.3 Å². The number of benzene rings is 2. The summed E-state index contributed by atoms with van der Waals surface area (Å²) in [4.78, 5) is 46.8. The summed E-state index contributed by atoms with van der Waals surface area (Å²) in [7, 11) is 0. The molecule has 0 N–H and O–H groups in total. The van der Waals surface area contributed by atoms with Gasteiger partial charge >= 0.3 is 6.18 Å². The molecule has 0 aliphatic carbocycles. The second-order valence-electron chi connectivity index (χ2n) is 8.33. The molecule has 1 aromatic heterocycles. The molecular weight excluding hydrogens is 480 g/mol. The summed E-state index contributed by atoms with van der Waals surface area (Å²) in [5.74, 6) is -2.42. The van der Waals surface area contributed by atoms with Gasteiger partial charge in [0, 0.05) is 26.2 Å². The van der Waals surface area contributed by atoms with Crippen molar-refractivity contribution in [3.8, 4) is 0 Å². The first-order valence-electron chi connectivity index (χ1n) is 11.0. The molecule has 3 heterocycles. The number of hydrogen-bond acceptors (Lipinski definition) is 5. The first-order valence-corrected chi connectivity index (χ1v) is 11.0. The topological polar surface area (TPSA) is 73.8 Å². The van der Waals surface area contributed by atoms with Gasteiger partial charge in [-0.05, 0) is 42.5 Å². The molecule has 7 nitrogen and oxygen atoms in total. The lowest BCUT2D eigenvalue weighted by Crippen LogP contribution is -2.49. The minimum absolute atomic E-state index is 0.0225. The molecule has 5 rings (SSSR count). The summed E-state index contributed by atoms with van der Waals surface area (Å²) >= 11 is 0. The van der Waals surface area contributed by atoms with Crippen LogP contribution in [0.15, 0.2) is 60.8 Å². The van der Waals surface area contributed by atoms with Crippen molar-refractivity contribution < 1.29 is 31.9 Å². The van der Waals surface area contributed by atoms with Crippen LogP contribution in [0.25, 0.3) is 0 Å². The summed E-state index contributed by atoms with van der Waals surface area (Å²) in [6.45, 7) is 0.918. The molecule has 0 saturated carbocycles. The Hall–Kier alpha value is -4.28. The first-order chi connectivity index (χ1) is 17.1. The average Bonchev–Trinajstić information content (AvgIpc) is 3.13. The van der Waals surface area contributed by atoms with Crippen molar-refractivity contribution in [3.05, 3.63) is 89.0 Å². The standard InChI is InChI=1S/C25H18F4N4O3/c26-15-5-7-16(8-6-15)33-23(35)19-13-17(14-30-21(19)24(33)36)31-9-11-32(12-10-31)22(34)18-3-1-2-4-20(18)25(27,28)29/h1-8,13-14H,9-12H2. The maximum absolute atomic E-state index is 13.3. The number of carbonyl (C=O) groups excluding carboxylic acids is 3. The van der Waals surface area contributed by atoms with Crippen LogP contribution in [0.4, 0.5) is 28.9 Å². The number of nitrogens with zero attached hydrogens (tertiary/aromatic N) is 4. The van der Waals surface area contributed by atoms with Gasteiger partial charge in [-0.2, -0.15) is 13.2 Å². The zero-order chi connectivity index (χ0) is 25.6. The highest BCUT2D eigenvalue weighted by atomic mass is 19.4. The van der Waals surface area contributed by atoms with E-state index in [4.69, 9.17) is 0 Å². The Balaban J connectivity index is 1.31. The van der Waals surface area contributed by atoms with E-state index < -0.39 is 40.8 Å². The number of imide groups is 1. The van der Waals surface area contributed by atoms with Crippen LogP contribution in [0, 0.1) is 5.82 Å². The molecular formula is C25H18F4N4O3. The number of fused-ring (bicyclic) bond motifs is 1. The molecule has 2 aromatic carbocycles. The maximum Gasteiger partial charge on any atom is 0.417 e. The van der Waals surface area contributed by atoms with Gasteiger partial charge in [-0.1, -0.05) is 12.1 Å². The Bertz CT molecular complexity index is 1370. The molecule has 11 heteroatoms. The van der Waals surface area contributed by atoms with Crippen LogP contribution in [0.2, 0.25) is 0 Å². The number of hydrogen-bond donors (Lipinski definition) is 0. The Kier molecular flexibility index (Phi) is 5.70. The van der Waals surface area contributed by atoms with Gasteiger partial charge < -0.3 is 9.80 Å². The maximum atomic E-state index is 13.3. The lowest BCUT2D eigenvalue weighted by Gasteiger charge is -2.36. The van der Waals surface area contributed by atoms with Gasteiger partial charge in [0.15, 0.2) is 0 Å². The van der Waals surface area contributed by atoms with E-state index in [-0.39, 0.29) is 30.0 Å². The fourth-order valence-electron chi connectivity index (χ4n) is 4.36. The van der Waals surface area contributed by atoms with Gasteiger partial charge in [-0.3, -0.25) is 14.4 Å². The van der Waals surface area contributed by atoms with Crippen molar-refractivity contribution in [2.45, 2.75) is 6.18 Å². The molecule has 1 saturated heterocycles. The lowest BCUT2D eigenvalue weighted by molar-refractivity contribution is -0.138. The number of pyridine rings is 1. The van der Waals surface area contributed by atoms with Gasteiger partial charge in [0.2, 0.25) is 0 Å². The Labute approximate surface area is 202 Å². The third-order valence-electron chi connectivity index (χ3n) is 6.19. The van der Waals surface area contributed by atoms with E-state index in [2.05, 4.69) is 4.98 Å². The molecule has 3 amide bonds. The SMILES string of the molecule is O=C(c1ccccc1C(F)(F)F)N1CCN(c2cnc3c(c2)C(=O)N(c2ccc(F)cc2)C3=O)CC1. The minimum Gasteiger partial charge on any atom is -0.367 e. The number of amides is 3. The van der Waals surface area contributed by atoms with E-state index in [1.165, 1.54) is 41.4 Å². The normalized spacial score (nSPS) is 15.9. The molecule has 0 atom stereocenters. The van der Waals surface area contributed by atoms with Gasteiger partial charge in [0.1, 0.15) is 11.5 Å². The molecule has 184 valence electrons. The number of aromatic nitrogens is 1. The van der Waals surface area contributed by atoms with Crippen LogP contribution in [0.3, 0.4) is 0 Å². The second kappa shape index (κ2) is 8.74. The summed E-state index contributed by atoms with van der Waals surface area (Å²) in [6, 6.07) is 11.1. The molecule has 2 aliphatic rings. The van der Waals surface area contributed by atoms with Crippen LogP contribution in [0.5, 0.6) is 0 Å². The van der Waals surface area contributed by atoms with Crippen molar-refractivity contribution in [3.63, 3.8) is 0 Å². The highest BCUT2D eigenvalue weighted by Crippen LogP contribution is 2.33. The zero-order valence-corrected chi connectivity index (χ0v) is 18.6. The third kappa shape index (κ3) is 4.06. The zero-order valence-electron chi connectivity index (χ0n) is 18.6. The van der Waals surface area contributed by atoms with Gasteiger partial charge in [0.25, 0.3) is 17.7 Å². The van der Waals surface area contributed by atoms with E-state index in [0.29, 0.717) is 18.8 Å². The Morgan fingerprint density at radius 1 is 0.861 bits per heavy atom. The lowest BCUT2D eigenvalue weighted by atomic mass is 10.1. The fraction of sp³-hybridized carbons (Fsp3) is 0.200. The molecule has 3 aromatic rings. The highest BCUT2D eigenvalue weighted by molar-refractivity contribution is 6.33. The number of alkyl halides is 3. The first kappa shape index (κ1) is 23.5. The summed E-state index contributed by atoms with van der Waals surface area (Å²) in [5, 5.41) is 0. The molecule has 0 spiro atoms. The monoisotopic (exact) mass is 498 g/mol. The number of anilines is 2. The smallest absolute Gasteiger partial charge is 0.367 e. The number of halogens is 4. The van der Waals surface area contributed by atoms with Crippen molar-refractivity contribution in [1.82, 2.24) is 9.88 Å². The van der Waals surface area contributed by atoms with E-state index in [1.807, 2.05) is 4.90 Å². The van der Waals surface area contributed by atoms with Crippen LogP contribution >= 0.6 is 0 Å². The predicted octanol–water partition coefficient (Wildman–Crippen LogP) is 4.00.